The van der Waals surface area contributed by atoms with E-state index >= 15 is 0 Å². The van der Waals surface area contributed by atoms with E-state index in [9.17, 15) is 0 Å². The van der Waals surface area contributed by atoms with Crippen LogP contribution in [0.1, 0.15) is 18.1 Å². The molecule has 0 fully saturated rings. The van der Waals surface area contributed by atoms with Crippen LogP contribution in [0.4, 0.5) is 0 Å². The van der Waals surface area contributed by atoms with Crippen molar-refractivity contribution >= 4 is 6.08 Å². The van der Waals surface area contributed by atoms with Gasteiger partial charge in [0.15, 0.2) is 0 Å². The molecule has 0 aliphatic carbocycles. The molecule has 0 amide bonds. The van der Waals surface area contributed by atoms with Gasteiger partial charge in [0.05, 0.1) is 0 Å². The van der Waals surface area contributed by atoms with E-state index in [-0.39, 0.29) is 0 Å². The minimum Gasteiger partial charge on any atom is -0.296 e. The molecule has 1 aliphatic rings. The quantitative estimate of drug-likeness (QED) is 0.582. The van der Waals surface area contributed by atoms with Crippen molar-refractivity contribution in [1.29, 1.82) is 0 Å². The highest BCUT2D eigenvalue weighted by Crippen LogP contribution is 2.18. The lowest BCUT2D eigenvalue weighted by Gasteiger charge is -2.20. The first-order valence-electron chi connectivity index (χ1n) is 4.74. The van der Waals surface area contributed by atoms with Crippen LogP contribution in [0.15, 0.2) is 30.3 Å². The van der Waals surface area contributed by atoms with E-state index in [1.54, 1.807) is 0 Å². The number of fused-ring (bicyclic) bond motifs is 1. The van der Waals surface area contributed by atoms with Crippen LogP contribution >= 0.6 is 0 Å². The SMILES string of the molecule is CC1C=Cc2ccccc2CN1C. The third-order valence-corrected chi connectivity index (χ3v) is 2.72. The highest BCUT2D eigenvalue weighted by atomic mass is 15.1. The fourth-order valence-electron chi connectivity index (χ4n) is 1.64. The first-order valence-corrected chi connectivity index (χ1v) is 4.74. The van der Waals surface area contributed by atoms with Crippen molar-refractivity contribution in [3.63, 3.8) is 0 Å². The molecule has 1 aliphatic heterocycles. The largest absolute Gasteiger partial charge is 0.296 e. The molecule has 0 saturated carbocycles. The molecule has 0 saturated heterocycles. The van der Waals surface area contributed by atoms with Crippen LogP contribution in [0.3, 0.4) is 0 Å². The molecule has 1 heteroatoms. The van der Waals surface area contributed by atoms with E-state index in [0.717, 1.165) is 6.54 Å². The van der Waals surface area contributed by atoms with Gasteiger partial charge in [-0.1, -0.05) is 36.4 Å². The van der Waals surface area contributed by atoms with Crippen LogP contribution in [-0.2, 0) is 6.54 Å². The zero-order valence-corrected chi connectivity index (χ0v) is 8.20. The third-order valence-electron chi connectivity index (χ3n) is 2.72. The molecule has 13 heavy (non-hydrogen) atoms. The van der Waals surface area contributed by atoms with Crippen molar-refractivity contribution in [2.24, 2.45) is 0 Å². The number of rotatable bonds is 0. The minimum atomic E-state index is 0.535. The van der Waals surface area contributed by atoms with E-state index in [1.807, 2.05) is 0 Å². The molecule has 1 nitrogen and oxygen atoms in total. The third kappa shape index (κ3) is 1.65. The van der Waals surface area contributed by atoms with Crippen molar-refractivity contribution < 1.29 is 0 Å². The van der Waals surface area contributed by atoms with Crippen molar-refractivity contribution in [2.75, 3.05) is 7.05 Å². The number of hydrogen-bond acceptors (Lipinski definition) is 1. The van der Waals surface area contributed by atoms with Crippen LogP contribution in [0.25, 0.3) is 6.08 Å². The Hall–Kier alpha value is -1.08. The molecule has 1 atom stereocenters. The monoisotopic (exact) mass is 173 g/mol. The molecule has 0 bridgehead atoms. The molecule has 1 heterocycles. The van der Waals surface area contributed by atoms with Gasteiger partial charge in [-0.2, -0.15) is 0 Å². The maximum atomic E-state index is 2.35. The van der Waals surface area contributed by atoms with Gasteiger partial charge in [0.2, 0.25) is 0 Å². The van der Waals surface area contributed by atoms with Crippen LogP contribution in [0, 0.1) is 0 Å². The van der Waals surface area contributed by atoms with Crippen LogP contribution in [0.5, 0.6) is 0 Å². The van der Waals surface area contributed by atoms with Crippen LogP contribution < -0.4 is 0 Å². The summed E-state index contributed by atoms with van der Waals surface area (Å²) >= 11 is 0. The Labute approximate surface area is 79.7 Å². The van der Waals surface area contributed by atoms with Crippen LogP contribution in [-0.4, -0.2) is 18.0 Å². The van der Waals surface area contributed by atoms with E-state index in [0.29, 0.717) is 6.04 Å². The first-order chi connectivity index (χ1) is 6.27. The predicted octanol–water partition coefficient (Wildman–Crippen LogP) is 2.53. The Bertz CT molecular complexity index is 328. The summed E-state index contributed by atoms with van der Waals surface area (Å²) in [6.45, 7) is 3.27. The molecule has 0 spiro atoms. The summed E-state index contributed by atoms with van der Waals surface area (Å²) in [6, 6.07) is 9.12. The molecule has 1 aromatic rings. The lowest BCUT2D eigenvalue weighted by atomic mass is 10.1. The van der Waals surface area contributed by atoms with Gasteiger partial charge in [0.1, 0.15) is 0 Å². The summed E-state index contributed by atoms with van der Waals surface area (Å²) < 4.78 is 0. The molecule has 1 unspecified atom stereocenters. The Morgan fingerprint density at radius 1 is 1.31 bits per heavy atom. The maximum absolute atomic E-state index is 2.35. The Balaban J connectivity index is 2.40. The molecule has 1 aromatic carbocycles. The summed E-state index contributed by atoms with van der Waals surface area (Å²) in [7, 11) is 2.16. The fraction of sp³-hybridized carbons (Fsp3) is 0.333. The average molecular weight is 173 g/mol. The molecule has 68 valence electrons. The summed E-state index contributed by atoms with van der Waals surface area (Å²) in [6.07, 6.45) is 4.48. The van der Waals surface area contributed by atoms with Gasteiger partial charge in [-0.25, -0.2) is 0 Å². The zero-order chi connectivity index (χ0) is 9.26. The van der Waals surface area contributed by atoms with Crippen LogP contribution in [0.2, 0.25) is 0 Å². The summed E-state index contributed by atoms with van der Waals surface area (Å²) in [5, 5.41) is 0. The lowest BCUT2D eigenvalue weighted by molar-refractivity contribution is 0.291. The Morgan fingerprint density at radius 2 is 2.08 bits per heavy atom. The average Bonchev–Trinajstić information content (AvgIpc) is 2.28. The first kappa shape index (κ1) is 8.52. The van der Waals surface area contributed by atoms with Gasteiger partial charge in [-0.3, -0.25) is 4.90 Å². The maximum Gasteiger partial charge on any atom is 0.0253 e. The molecule has 0 radical (unpaired) electrons. The van der Waals surface area contributed by atoms with E-state index < -0.39 is 0 Å². The standard InChI is InChI=1S/C12H15N/c1-10-7-8-11-5-3-4-6-12(11)9-13(10)2/h3-8,10H,9H2,1-2H3. The van der Waals surface area contributed by atoms with Gasteiger partial charge < -0.3 is 0 Å². The summed E-state index contributed by atoms with van der Waals surface area (Å²) in [4.78, 5) is 2.35. The fourth-order valence-corrected chi connectivity index (χ4v) is 1.64. The highest BCUT2D eigenvalue weighted by molar-refractivity contribution is 5.55. The van der Waals surface area contributed by atoms with Gasteiger partial charge in [0.25, 0.3) is 0 Å². The number of nitrogens with zero attached hydrogens (tertiary/aromatic N) is 1. The van der Waals surface area contributed by atoms with Gasteiger partial charge >= 0.3 is 0 Å². The second-order valence-corrected chi connectivity index (χ2v) is 3.71. The van der Waals surface area contributed by atoms with Crippen molar-refractivity contribution in [1.82, 2.24) is 4.90 Å². The molecular formula is C12H15N. The number of benzene rings is 1. The molecular weight excluding hydrogens is 158 g/mol. The van der Waals surface area contributed by atoms with Crippen molar-refractivity contribution in [2.45, 2.75) is 19.5 Å². The normalized spacial score (nSPS) is 22.5. The molecule has 2 rings (SSSR count). The topological polar surface area (TPSA) is 3.24 Å². The number of likely N-dealkylation sites (N-methyl/N-ethyl adjacent to an activating group) is 1. The summed E-state index contributed by atoms with van der Waals surface area (Å²) in [5.74, 6) is 0. The van der Waals surface area contributed by atoms with Gasteiger partial charge in [0, 0.05) is 12.6 Å². The Morgan fingerprint density at radius 3 is 2.92 bits per heavy atom. The smallest absolute Gasteiger partial charge is 0.0253 e. The highest BCUT2D eigenvalue weighted by Gasteiger charge is 2.11. The van der Waals surface area contributed by atoms with Gasteiger partial charge in [-0.05, 0) is 25.1 Å². The van der Waals surface area contributed by atoms with Crippen molar-refractivity contribution in [3.05, 3.63) is 41.5 Å². The molecule has 0 N–H and O–H groups in total. The molecule has 0 aromatic heterocycles. The lowest BCUT2D eigenvalue weighted by Crippen LogP contribution is -2.25. The van der Waals surface area contributed by atoms with E-state index in [4.69, 9.17) is 0 Å². The Kier molecular flexibility index (Phi) is 2.19. The second kappa shape index (κ2) is 3.35. The number of hydrogen-bond donors (Lipinski definition) is 0. The zero-order valence-electron chi connectivity index (χ0n) is 8.20. The minimum absolute atomic E-state index is 0.535. The van der Waals surface area contributed by atoms with E-state index in [1.165, 1.54) is 11.1 Å². The van der Waals surface area contributed by atoms with E-state index in [2.05, 4.69) is 55.3 Å². The van der Waals surface area contributed by atoms with Crippen molar-refractivity contribution in [3.8, 4) is 0 Å². The van der Waals surface area contributed by atoms with Gasteiger partial charge in [-0.15, -0.1) is 0 Å². The predicted molar refractivity (Wildman–Crippen MR) is 56.4 cm³/mol. The summed E-state index contributed by atoms with van der Waals surface area (Å²) in [5.41, 5.74) is 2.78. The second-order valence-electron chi connectivity index (χ2n) is 3.71.